The zero-order valence-corrected chi connectivity index (χ0v) is 9.48. The van der Waals surface area contributed by atoms with E-state index in [4.69, 9.17) is 4.74 Å². The zero-order chi connectivity index (χ0) is 10.8. The molecule has 1 aromatic heterocycles. The van der Waals surface area contributed by atoms with Crippen molar-refractivity contribution in [3.05, 3.63) is 34.5 Å². The van der Waals surface area contributed by atoms with Crippen LogP contribution < -0.4 is 0 Å². The lowest BCUT2D eigenvalue weighted by Gasteiger charge is -2.23. The Morgan fingerprint density at radius 3 is 2.64 bits per heavy atom. The third-order valence-electron chi connectivity index (χ3n) is 1.81. The first-order chi connectivity index (χ1) is 6.43. The Bertz CT molecular complexity index is 336. The molecular weight excluding hydrogens is 196 g/mol. The maximum atomic E-state index is 11.3. The predicted octanol–water partition coefficient (Wildman–Crippen LogP) is 3.10. The first-order valence-corrected chi connectivity index (χ1v) is 5.24. The molecule has 0 aliphatic heterocycles. The minimum absolute atomic E-state index is 0.344. The van der Waals surface area contributed by atoms with Gasteiger partial charge in [-0.1, -0.05) is 12.6 Å². The molecule has 2 nitrogen and oxygen atoms in total. The van der Waals surface area contributed by atoms with Gasteiger partial charge in [0.15, 0.2) is 0 Å². The maximum Gasteiger partial charge on any atom is 0.334 e. The van der Waals surface area contributed by atoms with Crippen LogP contribution in [0, 0.1) is 0 Å². The zero-order valence-electron chi connectivity index (χ0n) is 8.66. The van der Waals surface area contributed by atoms with E-state index in [0.29, 0.717) is 5.57 Å². The third-order valence-corrected chi connectivity index (χ3v) is 2.99. The average molecular weight is 210 g/mol. The van der Waals surface area contributed by atoms with E-state index in [1.54, 1.807) is 18.3 Å². The topological polar surface area (TPSA) is 26.3 Å². The lowest BCUT2D eigenvalue weighted by molar-refractivity contribution is -0.152. The van der Waals surface area contributed by atoms with Crippen LogP contribution in [-0.2, 0) is 15.1 Å². The van der Waals surface area contributed by atoms with Gasteiger partial charge in [0.05, 0.1) is 0 Å². The van der Waals surface area contributed by atoms with E-state index in [0.717, 1.165) is 4.88 Å². The van der Waals surface area contributed by atoms with Gasteiger partial charge in [0.25, 0.3) is 0 Å². The third kappa shape index (κ3) is 2.45. The van der Waals surface area contributed by atoms with E-state index in [1.807, 2.05) is 31.4 Å². The van der Waals surface area contributed by atoms with Crippen molar-refractivity contribution in [2.75, 3.05) is 0 Å². The average Bonchev–Trinajstić information content (AvgIpc) is 2.54. The minimum atomic E-state index is -0.565. The quantitative estimate of drug-likeness (QED) is 0.566. The largest absolute Gasteiger partial charge is 0.451 e. The molecule has 1 heterocycles. The first kappa shape index (κ1) is 11.0. The second-order valence-corrected chi connectivity index (χ2v) is 4.61. The van der Waals surface area contributed by atoms with Crippen LogP contribution in [0.2, 0.25) is 0 Å². The van der Waals surface area contributed by atoms with E-state index in [9.17, 15) is 4.79 Å². The van der Waals surface area contributed by atoms with Gasteiger partial charge in [-0.3, -0.25) is 0 Å². The standard InChI is InChI=1S/C11H14O2S/c1-8(2)10(12)13-11(3,4)9-6-5-7-14-9/h5-7H,1H2,2-4H3. The van der Waals surface area contributed by atoms with Crippen molar-refractivity contribution in [2.45, 2.75) is 26.4 Å². The summed E-state index contributed by atoms with van der Waals surface area (Å²) in [6, 6.07) is 3.90. The molecule has 0 radical (unpaired) electrons. The number of rotatable bonds is 3. The molecule has 1 aromatic rings. The van der Waals surface area contributed by atoms with Crippen molar-refractivity contribution in [3.8, 4) is 0 Å². The van der Waals surface area contributed by atoms with Crippen molar-refractivity contribution in [1.82, 2.24) is 0 Å². The van der Waals surface area contributed by atoms with E-state index in [2.05, 4.69) is 6.58 Å². The van der Waals surface area contributed by atoms with Gasteiger partial charge in [0, 0.05) is 10.5 Å². The molecule has 0 bridgehead atoms. The Kier molecular flexibility index (Phi) is 3.11. The maximum absolute atomic E-state index is 11.3. The van der Waals surface area contributed by atoms with Gasteiger partial charge in [-0.15, -0.1) is 11.3 Å². The lowest BCUT2D eigenvalue weighted by atomic mass is 10.1. The molecule has 14 heavy (non-hydrogen) atoms. The summed E-state index contributed by atoms with van der Waals surface area (Å²) in [7, 11) is 0. The number of esters is 1. The molecule has 0 aliphatic carbocycles. The van der Waals surface area contributed by atoms with Gasteiger partial charge in [-0.25, -0.2) is 4.79 Å². The highest BCUT2D eigenvalue weighted by Crippen LogP contribution is 2.29. The fourth-order valence-corrected chi connectivity index (χ4v) is 1.78. The number of carbonyl (C=O) groups excluding carboxylic acids is 1. The fraction of sp³-hybridized carbons (Fsp3) is 0.364. The number of ether oxygens (including phenoxy) is 1. The van der Waals surface area contributed by atoms with Crippen molar-refractivity contribution in [1.29, 1.82) is 0 Å². The molecule has 0 aromatic carbocycles. The molecule has 1 rings (SSSR count). The lowest BCUT2D eigenvalue weighted by Crippen LogP contribution is -2.24. The molecule has 0 amide bonds. The summed E-state index contributed by atoms with van der Waals surface area (Å²) in [5.41, 5.74) is -0.140. The van der Waals surface area contributed by atoms with Gasteiger partial charge in [0.2, 0.25) is 0 Å². The van der Waals surface area contributed by atoms with Crippen LogP contribution in [0.1, 0.15) is 25.6 Å². The van der Waals surface area contributed by atoms with Crippen molar-refractivity contribution in [2.24, 2.45) is 0 Å². The molecule has 0 fully saturated rings. The van der Waals surface area contributed by atoms with E-state index in [1.165, 1.54) is 0 Å². The van der Waals surface area contributed by atoms with Crippen molar-refractivity contribution < 1.29 is 9.53 Å². The molecule has 0 spiro atoms. The number of thiophene rings is 1. The van der Waals surface area contributed by atoms with Crippen molar-refractivity contribution >= 4 is 17.3 Å². The molecule has 0 N–H and O–H groups in total. The Morgan fingerprint density at radius 2 is 2.21 bits per heavy atom. The van der Waals surface area contributed by atoms with Gasteiger partial charge in [-0.05, 0) is 32.2 Å². The van der Waals surface area contributed by atoms with Gasteiger partial charge >= 0.3 is 5.97 Å². The summed E-state index contributed by atoms with van der Waals surface area (Å²) in [6.07, 6.45) is 0. The number of hydrogen-bond acceptors (Lipinski definition) is 3. The van der Waals surface area contributed by atoms with Crippen LogP contribution in [0.5, 0.6) is 0 Å². The minimum Gasteiger partial charge on any atom is -0.451 e. The smallest absolute Gasteiger partial charge is 0.334 e. The van der Waals surface area contributed by atoms with Crippen LogP contribution in [0.4, 0.5) is 0 Å². The second kappa shape index (κ2) is 3.96. The monoisotopic (exact) mass is 210 g/mol. The van der Waals surface area contributed by atoms with Gasteiger partial charge < -0.3 is 4.74 Å². The summed E-state index contributed by atoms with van der Waals surface area (Å²) < 4.78 is 5.32. The summed E-state index contributed by atoms with van der Waals surface area (Å²) >= 11 is 1.58. The van der Waals surface area contributed by atoms with E-state index in [-0.39, 0.29) is 5.97 Å². The molecule has 0 saturated heterocycles. The highest BCUT2D eigenvalue weighted by molar-refractivity contribution is 7.10. The van der Waals surface area contributed by atoms with Crippen LogP contribution >= 0.6 is 11.3 Å². The highest BCUT2D eigenvalue weighted by Gasteiger charge is 2.26. The predicted molar refractivity (Wildman–Crippen MR) is 58.3 cm³/mol. The summed E-state index contributed by atoms with van der Waals surface area (Å²) in [5.74, 6) is -0.344. The molecule has 3 heteroatoms. The fourth-order valence-electron chi connectivity index (χ4n) is 0.990. The Labute approximate surface area is 88.2 Å². The normalized spacial score (nSPS) is 11.1. The van der Waals surface area contributed by atoms with E-state index >= 15 is 0 Å². The molecule has 0 atom stereocenters. The molecule has 0 aliphatic rings. The van der Waals surface area contributed by atoms with Crippen LogP contribution in [-0.4, -0.2) is 5.97 Å². The molecule has 76 valence electrons. The number of carbonyl (C=O) groups is 1. The summed E-state index contributed by atoms with van der Waals surface area (Å²) in [4.78, 5) is 12.4. The Morgan fingerprint density at radius 1 is 1.57 bits per heavy atom. The van der Waals surface area contributed by atoms with Crippen LogP contribution in [0.15, 0.2) is 29.7 Å². The van der Waals surface area contributed by atoms with Gasteiger partial charge in [0.1, 0.15) is 5.60 Å². The van der Waals surface area contributed by atoms with Crippen molar-refractivity contribution in [3.63, 3.8) is 0 Å². The molecular formula is C11H14O2S. The van der Waals surface area contributed by atoms with Crippen LogP contribution in [0.25, 0.3) is 0 Å². The van der Waals surface area contributed by atoms with Gasteiger partial charge in [-0.2, -0.15) is 0 Å². The first-order valence-electron chi connectivity index (χ1n) is 4.36. The second-order valence-electron chi connectivity index (χ2n) is 3.66. The molecule has 0 unspecified atom stereocenters. The van der Waals surface area contributed by atoms with Crippen LogP contribution in [0.3, 0.4) is 0 Å². The summed E-state index contributed by atoms with van der Waals surface area (Å²) in [6.45, 7) is 8.94. The van der Waals surface area contributed by atoms with E-state index < -0.39 is 5.60 Å². The summed E-state index contributed by atoms with van der Waals surface area (Å²) in [5, 5.41) is 1.96. The Hall–Kier alpha value is -1.09. The Balaban J connectivity index is 2.77. The highest BCUT2D eigenvalue weighted by atomic mass is 32.1. The number of hydrogen-bond donors (Lipinski definition) is 0. The molecule has 0 saturated carbocycles. The SMILES string of the molecule is C=C(C)C(=O)OC(C)(C)c1cccs1.